The average Bonchev–Trinajstić information content (AvgIpc) is 2.45. The Kier molecular flexibility index (Phi) is 5.45. The highest BCUT2D eigenvalue weighted by atomic mass is 35.5. The topological polar surface area (TPSA) is 35.2 Å². The summed E-state index contributed by atoms with van der Waals surface area (Å²) in [6.07, 6.45) is 2.95. The van der Waals surface area contributed by atoms with Gasteiger partial charge in [0.2, 0.25) is 0 Å². The fourth-order valence-corrected chi connectivity index (χ4v) is 2.42. The van der Waals surface area contributed by atoms with Gasteiger partial charge in [-0.15, -0.1) is 0 Å². The van der Waals surface area contributed by atoms with E-state index in [9.17, 15) is 0 Å². The van der Waals surface area contributed by atoms with Gasteiger partial charge in [0, 0.05) is 10.6 Å². The first-order valence-electron chi connectivity index (χ1n) is 6.99. The summed E-state index contributed by atoms with van der Waals surface area (Å²) in [6, 6.07) is 13.9. The van der Waals surface area contributed by atoms with Gasteiger partial charge in [0.05, 0.1) is 0 Å². The molecule has 2 aromatic carbocycles. The van der Waals surface area contributed by atoms with E-state index in [4.69, 9.17) is 22.1 Å². The minimum absolute atomic E-state index is 0.551. The highest BCUT2D eigenvalue weighted by molar-refractivity contribution is 6.31. The standard InChI is InChI=1S/C17H20ClNO/c1-2-4-13-7-9-14(10-8-13)20-17-6-3-5-16(18)15(17)11-12-19/h3,5-10H,2,4,11-12,19H2,1H3. The molecule has 2 N–H and O–H groups in total. The van der Waals surface area contributed by atoms with Crippen molar-refractivity contribution in [3.8, 4) is 11.5 Å². The van der Waals surface area contributed by atoms with Crippen LogP contribution in [0, 0.1) is 0 Å². The van der Waals surface area contributed by atoms with Crippen molar-refractivity contribution in [3.05, 3.63) is 58.6 Å². The molecule has 0 saturated heterocycles. The number of aryl methyl sites for hydroxylation is 1. The Balaban J connectivity index is 2.19. The van der Waals surface area contributed by atoms with E-state index in [1.807, 2.05) is 30.3 Å². The number of hydrogen-bond acceptors (Lipinski definition) is 2. The summed E-state index contributed by atoms with van der Waals surface area (Å²) in [4.78, 5) is 0. The smallest absolute Gasteiger partial charge is 0.132 e. The van der Waals surface area contributed by atoms with Gasteiger partial charge in [-0.25, -0.2) is 0 Å². The predicted octanol–water partition coefficient (Wildman–Crippen LogP) is 4.59. The van der Waals surface area contributed by atoms with E-state index in [0.717, 1.165) is 29.9 Å². The molecule has 0 heterocycles. The maximum absolute atomic E-state index is 6.21. The summed E-state index contributed by atoms with van der Waals surface area (Å²) in [6.45, 7) is 2.73. The first-order chi connectivity index (χ1) is 9.74. The number of halogens is 1. The molecule has 0 spiro atoms. The summed E-state index contributed by atoms with van der Waals surface area (Å²) in [5, 5.41) is 0.704. The van der Waals surface area contributed by atoms with Gasteiger partial charge in [0.15, 0.2) is 0 Å². The number of hydrogen-bond donors (Lipinski definition) is 1. The van der Waals surface area contributed by atoms with E-state index in [2.05, 4.69) is 19.1 Å². The quantitative estimate of drug-likeness (QED) is 0.844. The fraction of sp³-hybridized carbons (Fsp3) is 0.294. The molecule has 0 aliphatic carbocycles. The Labute approximate surface area is 125 Å². The van der Waals surface area contributed by atoms with E-state index < -0.39 is 0 Å². The van der Waals surface area contributed by atoms with Gasteiger partial charge in [0.25, 0.3) is 0 Å². The number of nitrogens with two attached hydrogens (primary N) is 1. The van der Waals surface area contributed by atoms with Gasteiger partial charge in [-0.1, -0.05) is 43.1 Å². The lowest BCUT2D eigenvalue weighted by Gasteiger charge is -2.12. The summed E-state index contributed by atoms with van der Waals surface area (Å²) >= 11 is 6.21. The van der Waals surface area contributed by atoms with Crippen LogP contribution in [0.3, 0.4) is 0 Å². The van der Waals surface area contributed by atoms with Crippen LogP contribution in [-0.4, -0.2) is 6.54 Å². The maximum Gasteiger partial charge on any atom is 0.132 e. The minimum Gasteiger partial charge on any atom is -0.457 e. The monoisotopic (exact) mass is 289 g/mol. The lowest BCUT2D eigenvalue weighted by molar-refractivity contribution is 0.476. The zero-order valence-electron chi connectivity index (χ0n) is 11.7. The van der Waals surface area contributed by atoms with Crippen molar-refractivity contribution < 1.29 is 4.74 Å². The summed E-state index contributed by atoms with van der Waals surface area (Å²) in [5.74, 6) is 1.61. The molecule has 0 bridgehead atoms. The van der Waals surface area contributed by atoms with Gasteiger partial charge >= 0.3 is 0 Å². The molecule has 20 heavy (non-hydrogen) atoms. The molecule has 0 unspecified atom stereocenters. The van der Waals surface area contributed by atoms with Crippen LogP contribution < -0.4 is 10.5 Å². The van der Waals surface area contributed by atoms with Gasteiger partial charge in [-0.05, 0) is 49.2 Å². The first kappa shape index (κ1) is 14.9. The summed E-state index contributed by atoms with van der Waals surface area (Å²) in [7, 11) is 0. The van der Waals surface area contributed by atoms with E-state index >= 15 is 0 Å². The molecule has 0 aliphatic heterocycles. The van der Waals surface area contributed by atoms with Gasteiger partial charge in [-0.3, -0.25) is 0 Å². The third-order valence-corrected chi connectivity index (χ3v) is 3.51. The Morgan fingerprint density at radius 3 is 2.45 bits per heavy atom. The third kappa shape index (κ3) is 3.75. The second kappa shape index (κ2) is 7.32. The van der Waals surface area contributed by atoms with Crippen molar-refractivity contribution in [1.82, 2.24) is 0 Å². The number of ether oxygens (including phenoxy) is 1. The van der Waals surface area contributed by atoms with Crippen molar-refractivity contribution in [2.75, 3.05) is 6.54 Å². The van der Waals surface area contributed by atoms with Crippen LogP contribution in [-0.2, 0) is 12.8 Å². The molecule has 0 fully saturated rings. The van der Waals surface area contributed by atoms with Crippen molar-refractivity contribution in [2.24, 2.45) is 5.73 Å². The molecule has 2 aromatic rings. The lowest BCUT2D eigenvalue weighted by atomic mass is 10.1. The Morgan fingerprint density at radius 1 is 1.05 bits per heavy atom. The molecule has 0 atom stereocenters. The van der Waals surface area contributed by atoms with Crippen LogP contribution in [0.2, 0.25) is 5.02 Å². The maximum atomic E-state index is 6.21. The van der Waals surface area contributed by atoms with E-state index in [1.165, 1.54) is 5.56 Å². The van der Waals surface area contributed by atoms with Crippen molar-refractivity contribution in [3.63, 3.8) is 0 Å². The molecule has 2 rings (SSSR count). The van der Waals surface area contributed by atoms with Crippen molar-refractivity contribution in [1.29, 1.82) is 0 Å². The Morgan fingerprint density at radius 2 is 1.80 bits per heavy atom. The zero-order valence-corrected chi connectivity index (χ0v) is 12.5. The normalized spacial score (nSPS) is 10.6. The van der Waals surface area contributed by atoms with Crippen LogP contribution in [0.15, 0.2) is 42.5 Å². The van der Waals surface area contributed by atoms with E-state index in [1.54, 1.807) is 0 Å². The highest BCUT2D eigenvalue weighted by Gasteiger charge is 2.08. The Hall–Kier alpha value is -1.51. The predicted molar refractivity (Wildman–Crippen MR) is 84.7 cm³/mol. The summed E-state index contributed by atoms with van der Waals surface area (Å²) < 4.78 is 5.94. The molecule has 0 aliphatic rings. The number of benzene rings is 2. The first-order valence-corrected chi connectivity index (χ1v) is 7.36. The molecular weight excluding hydrogens is 270 g/mol. The second-order valence-corrected chi connectivity index (χ2v) is 5.16. The molecular formula is C17H20ClNO. The van der Waals surface area contributed by atoms with Crippen molar-refractivity contribution >= 4 is 11.6 Å². The van der Waals surface area contributed by atoms with Gasteiger partial charge in [0.1, 0.15) is 11.5 Å². The van der Waals surface area contributed by atoms with Crippen LogP contribution in [0.1, 0.15) is 24.5 Å². The van der Waals surface area contributed by atoms with Crippen LogP contribution in [0.25, 0.3) is 0 Å². The Bertz CT molecular complexity index is 551. The lowest BCUT2D eigenvalue weighted by Crippen LogP contribution is -2.04. The SMILES string of the molecule is CCCc1ccc(Oc2cccc(Cl)c2CCN)cc1. The molecule has 0 aromatic heterocycles. The van der Waals surface area contributed by atoms with E-state index in [0.29, 0.717) is 18.0 Å². The van der Waals surface area contributed by atoms with Gasteiger partial charge in [-0.2, -0.15) is 0 Å². The van der Waals surface area contributed by atoms with Gasteiger partial charge < -0.3 is 10.5 Å². The molecule has 3 heteroatoms. The fourth-order valence-electron chi connectivity index (χ4n) is 2.16. The second-order valence-electron chi connectivity index (χ2n) is 4.75. The largest absolute Gasteiger partial charge is 0.457 e. The molecule has 2 nitrogen and oxygen atoms in total. The third-order valence-electron chi connectivity index (χ3n) is 3.16. The van der Waals surface area contributed by atoms with Crippen molar-refractivity contribution in [2.45, 2.75) is 26.2 Å². The van der Waals surface area contributed by atoms with Crippen LogP contribution >= 0.6 is 11.6 Å². The molecule has 0 saturated carbocycles. The van der Waals surface area contributed by atoms with Crippen LogP contribution in [0.5, 0.6) is 11.5 Å². The molecule has 106 valence electrons. The zero-order chi connectivity index (χ0) is 14.4. The molecule has 0 radical (unpaired) electrons. The van der Waals surface area contributed by atoms with E-state index in [-0.39, 0.29) is 0 Å². The van der Waals surface area contributed by atoms with Crippen LogP contribution in [0.4, 0.5) is 0 Å². The highest BCUT2D eigenvalue weighted by Crippen LogP contribution is 2.30. The number of rotatable bonds is 6. The minimum atomic E-state index is 0.551. The molecule has 0 amide bonds. The summed E-state index contributed by atoms with van der Waals surface area (Å²) in [5.41, 5.74) is 7.92. The average molecular weight is 290 g/mol.